The number of rotatable bonds is 0. The van der Waals surface area contributed by atoms with Gasteiger partial charge in [0.2, 0.25) is 0 Å². The van der Waals surface area contributed by atoms with Crippen molar-refractivity contribution < 1.29 is 83.2 Å². The van der Waals surface area contributed by atoms with Crippen LogP contribution < -0.4 is 29.6 Å². The summed E-state index contributed by atoms with van der Waals surface area (Å²) in [5.74, 6) is 0. The summed E-state index contributed by atoms with van der Waals surface area (Å²) in [6, 6.07) is 0. The van der Waals surface area contributed by atoms with Crippen molar-refractivity contribution in [3.8, 4) is 0 Å². The molecule has 0 saturated heterocycles. The summed E-state index contributed by atoms with van der Waals surface area (Å²) in [5.41, 5.74) is 0. The van der Waals surface area contributed by atoms with E-state index in [4.69, 9.17) is 45.3 Å². The maximum absolute atomic E-state index is 8.56. The van der Waals surface area contributed by atoms with Crippen LogP contribution in [0.4, 0.5) is 9.59 Å². The number of hydrogen-bond donors (Lipinski definition) is 4. The summed E-state index contributed by atoms with van der Waals surface area (Å²) in [5, 5.41) is 42.6. The van der Waals surface area contributed by atoms with E-state index < -0.39 is 17.4 Å². The van der Waals surface area contributed by atoms with Crippen molar-refractivity contribution >= 4 is 12.3 Å². The summed E-state index contributed by atoms with van der Waals surface area (Å²) in [7, 11) is 0. The van der Waals surface area contributed by atoms with E-state index in [-0.39, 0.29) is 48.1 Å². The molecule has 0 aliphatic carbocycles. The van der Waals surface area contributed by atoms with Crippen LogP contribution in [0.1, 0.15) is 1.43 Å². The molecule has 0 aromatic rings. The monoisotopic (exact) mass is 273 g/mol. The van der Waals surface area contributed by atoms with Crippen molar-refractivity contribution in [2.45, 2.75) is 0 Å². The van der Waals surface area contributed by atoms with Gasteiger partial charge in [0.15, 0.2) is 0 Å². The van der Waals surface area contributed by atoms with Gasteiger partial charge in [-0.3, -0.25) is 0 Å². The van der Waals surface area contributed by atoms with Gasteiger partial charge < -0.3 is 37.2 Å². The van der Waals surface area contributed by atoms with E-state index in [1.807, 2.05) is 0 Å². The largest absolute Gasteiger partial charge is 1.00 e. The predicted molar refractivity (Wildman–Crippen MR) is 32.8 cm³/mol. The Balaban J connectivity index is -0.0000000184. The SMILES string of the molecule is O=C(O)O.O=C(O)O.O=[N+]([O-])[O-].[Cu].[H-].[Na+]. The predicted octanol–water partition coefficient (Wildman–Crippen LogP) is -2.68. The fraction of sp³-hybridized carbons (Fsp3) is 0. The Bertz CT molecular complexity index is 126. The minimum Gasteiger partial charge on any atom is -1.00 e. The second-order valence-corrected chi connectivity index (χ2v) is 0.789. The average molecular weight is 274 g/mol. The molecule has 14 heavy (non-hydrogen) atoms. The van der Waals surface area contributed by atoms with E-state index in [1.165, 1.54) is 0 Å². The fourth-order valence-corrected chi connectivity index (χ4v) is 0. The number of carbonyl (C=O) groups is 2. The molecule has 0 heterocycles. The van der Waals surface area contributed by atoms with Gasteiger partial charge in [-0.25, -0.2) is 9.59 Å². The second kappa shape index (κ2) is 22.8. The first-order valence-electron chi connectivity index (χ1n) is 1.85. The molecule has 0 atom stereocenters. The summed E-state index contributed by atoms with van der Waals surface area (Å²) in [4.78, 5) is 25.4. The molecule has 10 nitrogen and oxygen atoms in total. The van der Waals surface area contributed by atoms with Gasteiger partial charge in [-0.2, -0.15) is 0 Å². The van der Waals surface area contributed by atoms with Crippen LogP contribution in [0.3, 0.4) is 0 Å². The smallest absolute Gasteiger partial charge is 1.00 e. The van der Waals surface area contributed by atoms with Crippen LogP contribution in [0.25, 0.3) is 0 Å². The molecule has 0 unspecified atom stereocenters. The van der Waals surface area contributed by atoms with E-state index in [0.717, 1.165) is 0 Å². The molecule has 4 N–H and O–H groups in total. The van der Waals surface area contributed by atoms with Gasteiger partial charge >= 0.3 is 41.9 Å². The molecule has 0 bridgehead atoms. The molecule has 0 aliphatic heterocycles. The summed E-state index contributed by atoms with van der Waals surface area (Å²) < 4.78 is 0. The number of carboxylic acid groups (broad SMARTS) is 4. The second-order valence-electron chi connectivity index (χ2n) is 0.789. The molecule has 1 radical (unpaired) electrons. The molecule has 0 saturated carbocycles. The minimum atomic E-state index is -1.83. The van der Waals surface area contributed by atoms with Crippen LogP contribution in [0, 0.1) is 15.3 Å². The van der Waals surface area contributed by atoms with E-state index in [1.54, 1.807) is 0 Å². The molecule has 0 spiro atoms. The Kier molecular flexibility index (Phi) is 47.5. The first kappa shape index (κ1) is 29.2. The van der Waals surface area contributed by atoms with E-state index in [2.05, 4.69) is 0 Å². The van der Waals surface area contributed by atoms with Gasteiger partial charge in [0.1, 0.15) is 0 Å². The molecule has 0 rings (SSSR count). The maximum atomic E-state index is 8.56. The first-order valence-corrected chi connectivity index (χ1v) is 1.85. The van der Waals surface area contributed by atoms with Gasteiger partial charge in [0.25, 0.3) is 0 Å². The molecule has 0 aliphatic rings. The molecular weight excluding hydrogens is 269 g/mol. The van der Waals surface area contributed by atoms with Gasteiger partial charge in [0.05, 0.1) is 5.09 Å². The van der Waals surface area contributed by atoms with Gasteiger partial charge in [-0.1, -0.05) is 0 Å². The zero-order valence-corrected chi connectivity index (χ0v) is 9.52. The number of hydrogen-bond acceptors (Lipinski definition) is 5. The normalized spacial score (nSPS) is 5.14. The van der Waals surface area contributed by atoms with Gasteiger partial charge in [0, 0.05) is 17.1 Å². The third-order valence-corrected chi connectivity index (χ3v) is 0. The van der Waals surface area contributed by atoms with E-state index in [9.17, 15) is 0 Å². The van der Waals surface area contributed by atoms with Crippen molar-refractivity contribution in [3.63, 3.8) is 0 Å². The van der Waals surface area contributed by atoms with Crippen molar-refractivity contribution in [3.05, 3.63) is 15.3 Å². The zero-order chi connectivity index (χ0) is 10.7. The van der Waals surface area contributed by atoms with E-state index in [0.29, 0.717) is 0 Å². The Morgan fingerprint density at radius 2 is 1.00 bits per heavy atom. The molecule has 0 fully saturated rings. The Morgan fingerprint density at radius 1 is 1.00 bits per heavy atom. The van der Waals surface area contributed by atoms with Crippen LogP contribution >= 0.6 is 0 Å². The van der Waals surface area contributed by atoms with Crippen LogP contribution in [0.15, 0.2) is 0 Å². The molecule has 0 aromatic carbocycles. The zero-order valence-electron chi connectivity index (χ0n) is 7.58. The van der Waals surface area contributed by atoms with Crippen molar-refractivity contribution in [2.24, 2.45) is 0 Å². The first-order chi connectivity index (χ1) is 5.20. The Morgan fingerprint density at radius 3 is 1.00 bits per heavy atom. The Hall–Kier alpha value is -0.741. The maximum Gasteiger partial charge on any atom is 1.00 e. The van der Waals surface area contributed by atoms with Crippen molar-refractivity contribution in [1.82, 2.24) is 0 Å². The molecule has 85 valence electrons. The molecule has 12 heteroatoms. The van der Waals surface area contributed by atoms with Gasteiger partial charge in [-0.15, -0.1) is 0 Å². The van der Waals surface area contributed by atoms with Crippen molar-refractivity contribution in [1.29, 1.82) is 0 Å². The fourth-order valence-electron chi connectivity index (χ4n) is 0. The topological polar surface area (TPSA) is 181 Å². The summed E-state index contributed by atoms with van der Waals surface area (Å²) >= 11 is 0. The van der Waals surface area contributed by atoms with Crippen LogP contribution in [0.5, 0.6) is 0 Å². The molecule has 0 amide bonds. The molecule has 0 aromatic heterocycles. The van der Waals surface area contributed by atoms with Crippen LogP contribution in [-0.4, -0.2) is 37.8 Å². The van der Waals surface area contributed by atoms with E-state index >= 15 is 0 Å². The third-order valence-electron chi connectivity index (χ3n) is 0. The number of nitrogens with zero attached hydrogens (tertiary/aromatic N) is 1. The standard InChI is InChI=1S/2CH2O3.Cu.NO3.Na.H/c2*2-1(3)4;;2-1(3)4;;/h2*(H2,2,3,4);;;;/q;;;-1;+1;-1. The van der Waals surface area contributed by atoms with Crippen LogP contribution in [-0.2, 0) is 17.1 Å². The Labute approximate surface area is 111 Å². The third kappa shape index (κ3) is 2160. The minimum absolute atomic E-state index is 0. The summed E-state index contributed by atoms with van der Waals surface area (Å²) in [6.07, 6.45) is -3.67. The summed E-state index contributed by atoms with van der Waals surface area (Å²) in [6.45, 7) is 0. The van der Waals surface area contributed by atoms with Crippen molar-refractivity contribution in [2.75, 3.05) is 0 Å². The van der Waals surface area contributed by atoms with Crippen LogP contribution in [0.2, 0.25) is 0 Å². The van der Waals surface area contributed by atoms with Gasteiger partial charge in [-0.05, 0) is 0 Å². The quantitative estimate of drug-likeness (QED) is 0.207. The molecular formula is C2H5CuNNaO9-. The average Bonchev–Trinajstić information content (AvgIpc) is 1.54.